The van der Waals surface area contributed by atoms with Crippen molar-refractivity contribution >= 4 is 0 Å². The lowest BCUT2D eigenvalue weighted by Crippen LogP contribution is -2.39. The van der Waals surface area contributed by atoms with Crippen molar-refractivity contribution in [1.29, 1.82) is 0 Å². The second kappa shape index (κ2) is 7.79. The third-order valence-corrected chi connectivity index (χ3v) is 4.49. The minimum absolute atomic E-state index is 0.397. The Labute approximate surface area is 123 Å². The van der Waals surface area contributed by atoms with Gasteiger partial charge in [0.1, 0.15) is 0 Å². The third kappa shape index (κ3) is 4.32. The van der Waals surface area contributed by atoms with Gasteiger partial charge < -0.3 is 10.2 Å². The van der Waals surface area contributed by atoms with E-state index in [1.807, 2.05) is 10.9 Å². The summed E-state index contributed by atoms with van der Waals surface area (Å²) in [5.74, 6) is 0. The summed E-state index contributed by atoms with van der Waals surface area (Å²) in [6.45, 7) is 11.3. The van der Waals surface area contributed by atoms with Gasteiger partial charge in [0.25, 0.3) is 0 Å². The maximum Gasteiger partial charge on any atom is 0.0537 e. The number of nitrogens with one attached hydrogen (secondary N) is 1. The average Bonchev–Trinajstić information content (AvgIpc) is 2.94. The van der Waals surface area contributed by atoms with Crippen LogP contribution >= 0.6 is 0 Å². The van der Waals surface area contributed by atoms with E-state index in [2.05, 4.69) is 42.3 Å². The van der Waals surface area contributed by atoms with Crippen molar-refractivity contribution in [3.8, 4) is 0 Å². The Bertz CT molecular complexity index is 388. The molecule has 2 heterocycles. The molecule has 20 heavy (non-hydrogen) atoms. The van der Waals surface area contributed by atoms with E-state index in [0.29, 0.717) is 6.04 Å². The monoisotopic (exact) mass is 278 g/mol. The van der Waals surface area contributed by atoms with E-state index < -0.39 is 0 Å². The Morgan fingerprint density at radius 3 is 3.00 bits per heavy atom. The van der Waals surface area contributed by atoms with Crippen LogP contribution in [0, 0.1) is 0 Å². The summed E-state index contributed by atoms with van der Waals surface area (Å²) >= 11 is 0. The first-order chi connectivity index (χ1) is 9.70. The highest BCUT2D eigenvalue weighted by Crippen LogP contribution is 2.16. The summed E-state index contributed by atoms with van der Waals surface area (Å²) < 4.78 is 1.99. The Kier molecular flexibility index (Phi) is 6.05. The normalized spacial score (nSPS) is 22.1. The van der Waals surface area contributed by atoms with Crippen LogP contribution in [0.3, 0.4) is 0 Å². The lowest BCUT2D eigenvalue weighted by molar-refractivity contribution is 0.158. The topological polar surface area (TPSA) is 33.1 Å². The van der Waals surface area contributed by atoms with Gasteiger partial charge in [0, 0.05) is 30.4 Å². The number of hydrogen-bond donors (Lipinski definition) is 1. The van der Waals surface area contributed by atoms with E-state index in [4.69, 9.17) is 0 Å². The first kappa shape index (κ1) is 15.5. The number of rotatable bonds is 7. The average molecular weight is 278 g/mol. The van der Waals surface area contributed by atoms with E-state index in [9.17, 15) is 0 Å². The van der Waals surface area contributed by atoms with Gasteiger partial charge in [-0.25, -0.2) is 0 Å². The molecule has 0 radical (unpaired) electrons. The van der Waals surface area contributed by atoms with Crippen LogP contribution in [0.4, 0.5) is 0 Å². The van der Waals surface area contributed by atoms with Gasteiger partial charge in [0.2, 0.25) is 0 Å². The van der Waals surface area contributed by atoms with Gasteiger partial charge in [0.15, 0.2) is 0 Å². The number of aromatic nitrogens is 2. The predicted octanol–water partition coefficient (Wildman–Crippen LogP) is 2.82. The van der Waals surface area contributed by atoms with Gasteiger partial charge in [-0.1, -0.05) is 6.42 Å². The molecule has 1 N–H and O–H groups in total. The molecule has 4 heteroatoms. The number of hydrogen-bond acceptors (Lipinski definition) is 3. The maximum atomic E-state index is 4.34. The van der Waals surface area contributed by atoms with Crippen LogP contribution in [0.15, 0.2) is 12.4 Å². The molecule has 1 saturated heterocycles. The van der Waals surface area contributed by atoms with E-state index in [1.54, 1.807) is 0 Å². The summed E-state index contributed by atoms with van der Waals surface area (Å²) in [4.78, 5) is 2.64. The fourth-order valence-electron chi connectivity index (χ4n) is 2.98. The second-order valence-electron chi connectivity index (χ2n) is 6.04. The smallest absolute Gasteiger partial charge is 0.0537 e. The number of likely N-dealkylation sites (tertiary alicyclic amines) is 1. The summed E-state index contributed by atoms with van der Waals surface area (Å²) in [6.07, 6.45) is 9.52. The van der Waals surface area contributed by atoms with Crippen LogP contribution in [0.2, 0.25) is 0 Å². The van der Waals surface area contributed by atoms with Crippen molar-refractivity contribution in [2.75, 3.05) is 19.6 Å². The summed E-state index contributed by atoms with van der Waals surface area (Å²) in [5, 5.41) is 7.95. The van der Waals surface area contributed by atoms with Gasteiger partial charge >= 0.3 is 0 Å². The van der Waals surface area contributed by atoms with E-state index in [0.717, 1.165) is 19.1 Å². The fraction of sp³-hybridized carbons (Fsp3) is 0.812. The third-order valence-electron chi connectivity index (χ3n) is 4.49. The predicted molar refractivity (Wildman–Crippen MR) is 83.8 cm³/mol. The fourth-order valence-corrected chi connectivity index (χ4v) is 2.98. The van der Waals surface area contributed by atoms with E-state index in [1.165, 1.54) is 44.3 Å². The molecule has 0 aromatic carbocycles. The van der Waals surface area contributed by atoms with Crippen LogP contribution < -0.4 is 5.32 Å². The molecule has 2 rings (SSSR count). The van der Waals surface area contributed by atoms with Crippen LogP contribution in [0.5, 0.6) is 0 Å². The first-order valence-electron chi connectivity index (χ1n) is 8.20. The Hall–Kier alpha value is -0.870. The minimum Gasteiger partial charge on any atom is -0.310 e. The molecule has 0 saturated carbocycles. The molecule has 1 fully saturated rings. The second-order valence-corrected chi connectivity index (χ2v) is 6.04. The van der Waals surface area contributed by atoms with E-state index in [-0.39, 0.29) is 0 Å². The van der Waals surface area contributed by atoms with Crippen LogP contribution in [0.1, 0.15) is 58.1 Å². The first-order valence-corrected chi connectivity index (χ1v) is 8.20. The quantitative estimate of drug-likeness (QED) is 0.779. The Balaban J connectivity index is 1.65. The molecule has 1 aromatic rings. The highest BCUT2D eigenvalue weighted by Gasteiger charge is 2.17. The summed E-state index contributed by atoms with van der Waals surface area (Å²) in [7, 11) is 0. The molecule has 2 atom stereocenters. The molecule has 1 aliphatic heterocycles. The molecular formula is C16H30N4. The minimum atomic E-state index is 0.397. The van der Waals surface area contributed by atoms with Gasteiger partial charge in [0.05, 0.1) is 6.20 Å². The lowest BCUT2D eigenvalue weighted by atomic mass is 10.0. The van der Waals surface area contributed by atoms with Crippen molar-refractivity contribution < 1.29 is 0 Å². The van der Waals surface area contributed by atoms with Crippen molar-refractivity contribution in [3.05, 3.63) is 18.0 Å². The molecule has 4 nitrogen and oxygen atoms in total. The lowest BCUT2D eigenvalue weighted by Gasteiger charge is -2.33. The molecule has 1 aromatic heterocycles. The van der Waals surface area contributed by atoms with Crippen LogP contribution in [0.25, 0.3) is 0 Å². The highest BCUT2D eigenvalue weighted by molar-refractivity contribution is 5.08. The number of nitrogens with zero attached hydrogens (tertiary/aromatic N) is 3. The number of aryl methyl sites for hydroxylation is 1. The zero-order valence-corrected chi connectivity index (χ0v) is 13.3. The van der Waals surface area contributed by atoms with Gasteiger partial charge in [-0.2, -0.15) is 5.10 Å². The van der Waals surface area contributed by atoms with Gasteiger partial charge in [-0.15, -0.1) is 0 Å². The molecule has 1 aliphatic rings. The van der Waals surface area contributed by atoms with Crippen molar-refractivity contribution in [1.82, 2.24) is 20.0 Å². The Morgan fingerprint density at radius 1 is 1.45 bits per heavy atom. The highest BCUT2D eigenvalue weighted by atomic mass is 15.3. The maximum absolute atomic E-state index is 4.34. The SMILES string of the molecule is CCn1cc(C(C)NCCCN2CCCCC2C)cn1. The van der Waals surface area contributed by atoms with E-state index >= 15 is 0 Å². The number of piperidine rings is 1. The summed E-state index contributed by atoms with van der Waals surface area (Å²) in [6, 6.07) is 1.18. The molecule has 0 amide bonds. The molecule has 0 spiro atoms. The van der Waals surface area contributed by atoms with Crippen molar-refractivity contribution in [3.63, 3.8) is 0 Å². The molecule has 2 unspecified atom stereocenters. The van der Waals surface area contributed by atoms with Crippen LogP contribution in [-0.2, 0) is 6.54 Å². The van der Waals surface area contributed by atoms with Crippen molar-refractivity contribution in [2.24, 2.45) is 0 Å². The zero-order chi connectivity index (χ0) is 14.4. The molecule has 114 valence electrons. The van der Waals surface area contributed by atoms with Crippen LogP contribution in [-0.4, -0.2) is 40.4 Å². The molecule has 0 bridgehead atoms. The zero-order valence-electron chi connectivity index (χ0n) is 13.3. The van der Waals surface area contributed by atoms with Gasteiger partial charge in [-0.05, 0) is 59.7 Å². The largest absolute Gasteiger partial charge is 0.310 e. The standard InChI is InChI=1S/C16H30N4/c1-4-20-13-16(12-18-20)15(3)17-9-7-11-19-10-6-5-8-14(19)2/h12-15,17H,4-11H2,1-3H3. The van der Waals surface area contributed by atoms with Gasteiger partial charge in [-0.3, -0.25) is 4.68 Å². The molecular weight excluding hydrogens is 248 g/mol. The molecule has 0 aliphatic carbocycles. The summed E-state index contributed by atoms with van der Waals surface area (Å²) in [5.41, 5.74) is 1.29. The Morgan fingerprint density at radius 2 is 2.30 bits per heavy atom. The van der Waals surface area contributed by atoms with Crippen molar-refractivity contribution in [2.45, 2.75) is 65.1 Å².